The van der Waals surface area contributed by atoms with E-state index in [1.54, 1.807) is 0 Å². The average molecular weight is 198 g/mol. The van der Waals surface area contributed by atoms with Crippen LogP contribution in [0.15, 0.2) is 9.98 Å². The van der Waals surface area contributed by atoms with Crippen molar-refractivity contribution in [2.45, 2.75) is 38.5 Å². The lowest BCUT2D eigenvalue weighted by molar-refractivity contribution is 0.504. The smallest absolute Gasteiger partial charge is 0.211 e. The second-order valence-corrected chi connectivity index (χ2v) is 2.75. The fourth-order valence-electron chi connectivity index (χ4n) is 1.06. The lowest BCUT2D eigenvalue weighted by Gasteiger charge is -2.05. The maximum absolute atomic E-state index is 8.88. The normalized spacial score (nSPS) is 12.7. The monoisotopic (exact) mass is 198 g/mol. The van der Waals surface area contributed by atoms with Gasteiger partial charge >= 0.3 is 0 Å². The molecule has 0 unspecified atom stereocenters. The zero-order valence-electron chi connectivity index (χ0n) is 8.95. The third-order valence-corrected chi connectivity index (χ3v) is 1.68. The summed E-state index contributed by atoms with van der Waals surface area (Å²) in [5.74, 6) is 0. The van der Waals surface area contributed by atoms with Crippen molar-refractivity contribution < 1.29 is 9.59 Å². The van der Waals surface area contributed by atoms with Crippen LogP contribution in [0.1, 0.15) is 38.5 Å². The molecule has 0 aromatic carbocycles. The average Bonchev–Trinajstić information content (AvgIpc) is 2.32. The summed E-state index contributed by atoms with van der Waals surface area (Å²) in [5, 5.41) is 0. The fraction of sp³-hybridized carbons (Fsp3) is 0.800. The molecule has 4 nitrogen and oxygen atoms in total. The van der Waals surface area contributed by atoms with Crippen molar-refractivity contribution >= 4 is 12.2 Å². The van der Waals surface area contributed by atoms with Crippen LogP contribution in [0.25, 0.3) is 0 Å². The molecule has 1 aliphatic rings. The second kappa shape index (κ2) is 17.7. The van der Waals surface area contributed by atoms with E-state index in [1.165, 1.54) is 64.8 Å². The number of isocyanates is 2. The zero-order chi connectivity index (χ0) is 11.1. The molecule has 0 aromatic rings. The highest BCUT2D eigenvalue weighted by atomic mass is 16.1. The van der Waals surface area contributed by atoms with E-state index in [-0.39, 0.29) is 0 Å². The molecular weight excluding hydrogens is 180 g/mol. The van der Waals surface area contributed by atoms with Gasteiger partial charge in [-0.15, -0.1) is 0 Å². The highest BCUT2D eigenvalue weighted by Gasteiger charge is 1.95. The third-order valence-electron chi connectivity index (χ3n) is 1.68. The van der Waals surface area contributed by atoms with Gasteiger partial charge in [-0.3, -0.25) is 0 Å². The van der Waals surface area contributed by atoms with Gasteiger partial charge in [-0.1, -0.05) is 38.5 Å². The van der Waals surface area contributed by atoms with Crippen LogP contribution in [0.3, 0.4) is 0 Å². The Balaban J connectivity index is 0. The van der Waals surface area contributed by atoms with Gasteiger partial charge in [-0.25, -0.2) is 19.6 Å². The number of nitrogens with zero attached hydrogens (tertiary/aromatic N) is 2. The summed E-state index contributed by atoms with van der Waals surface area (Å²) < 4.78 is 0. The number of hydrogen-bond donors (Lipinski definition) is 0. The first-order valence-electron chi connectivity index (χ1n) is 4.75. The van der Waals surface area contributed by atoms with Crippen LogP contribution in [0.4, 0.5) is 0 Å². The van der Waals surface area contributed by atoms with Gasteiger partial charge < -0.3 is 0 Å². The summed E-state index contributed by atoms with van der Waals surface area (Å²) in [5.41, 5.74) is 0. The van der Waals surface area contributed by atoms with Crippen LogP contribution in [-0.2, 0) is 9.59 Å². The standard InChI is InChI=1S/C6H12.2C2H3NO/c1-2-4-6-5-3-1;2*1-3-2-4/h1-6H2;2*1H3. The zero-order valence-corrected chi connectivity index (χ0v) is 8.95. The summed E-state index contributed by atoms with van der Waals surface area (Å²) in [6.45, 7) is 0. The summed E-state index contributed by atoms with van der Waals surface area (Å²) in [4.78, 5) is 23.6. The van der Waals surface area contributed by atoms with Crippen LogP contribution in [0.5, 0.6) is 0 Å². The Labute approximate surface area is 85.1 Å². The lowest BCUT2D eigenvalue weighted by atomic mass is 10.0. The van der Waals surface area contributed by atoms with Gasteiger partial charge in [0.25, 0.3) is 0 Å². The molecule has 80 valence electrons. The number of aliphatic imine (C=N–C) groups is 2. The molecular formula is C10H18N2O2. The third kappa shape index (κ3) is 22.4. The van der Waals surface area contributed by atoms with Crippen LogP contribution in [0.2, 0.25) is 0 Å². The molecule has 0 bridgehead atoms. The van der Waals surface area contributed by atoms with Gasteiger partial charge in [-0.2, -0.15) is 0 Å². The second-order valence-electron chi connectivity index (χ2n) is 2.75. The summed E-state index contributed by atoms with van der Waals surface area (Å²) in [7, 11) is 2.76. The van der Waals surface area contributed by atoms with E-state index >= 15 is 0 Å². The van der Waals surface area contributed by atoms with E-state index in [4.69, 9.17) is 9.59 Å². The van der Waals surface area contributed by atoms with E-state index in [9.17, 15) is 0 Å². The minimum atomic E-state index is 1.31. The molecule has 0 aromatic heterocycles. The molecule has 0 saturated heterocycles. The number of rotatable bonds is 0. The molecule has 0 aliphatic heterocycles. The minimum absolute atomic E-state index is 1.31. The summed E-state index contributed by atoms with van der Waals surface area (Å²) >= 11 is 0. The maximum atomic E-state index is 8.88. The largest absolute Gasteiger partial charge is 0.234 e. The molecule has 1 saturated carbocycles. The first kappa shape index (κ1) is 15.2. The van der Waals surface area contributed by atoms with Crippen molar-refractivity contribution in [1.29, 1.82) is 0 Å². The van der Waals surface area contributed by atoms with Crippen molar-refractivity contribution in [2.75, 3.05) is 14.1 Å². The van der Waals surface area contributed by atoms with Crippen LogP contribution < -0.4 is 0 Å². The van der Waals surface area contributed by atoms with Crippen molar-refractivity contribution in [3.05, 3.63) is 0 Å². The van der Waals surface area contributed by atoms with Crippen molar-refractivity contribution in [1.82, 2.24) is 0 Å². The van der Waals surface area contributed by atoms with Gasteiger partial charge in [0.15, 0.2) is 0 Å². The molecule has 14 heavy (non-hydrogen) atoms. The molecule has 0 amide bonds. The fourth-order valence-corrected chi connectivity index (χ4v) is 1.06. The molecule has 4 heteroatoms. The quantitative estimate of drug-likeness (QED) is 0.442. The van der Waals surface area contributed by atoms with Gasteiger partial charge in [0.1, 0.15) is 0 Å². The molecule has 0 N–H and O–H groups in total. The maximum Gasteiger partial charge on any atom is 0.234 e. The van der Waals surface area contributed by atoms with Crippen molar-refractivity contribution in [2.24, 2.45) is 9.98 Å². The van der Waals surface area contributed by atoms with Crippen LogP contribution >= 0.6 is 0 Å². The van der Waals surface area contributed by atoms with E-state index in [0.29, 0.717) is 0 Å². The van der Waals surface area contributed by atoms with E-state index in [0.717, 1.165) is 0 Å². The molecule has 1 aliphatic carbocycles. The molecule has 0 radical (unpaired) electrons. The highest BCUT2D eigenvalue weighted by Crippen LogP contribution is 2.15. The Morgan fingerprint density at radius 3 is 0.929 bits per heavy atom. The Morgan fingerprint density at radius 1 is 0.714 bits per heavy atom. The molecule has 1 fully saturated rings. The Kier molecular flexibility index (Phi) is 19.3. The molecule has 1 rings (SSSR count). The predicted molar refractivity (Wildman–Crippen MR) is 55.8 cm³/mol. The molecule has 0 spiro atoms. The first-order chi connectivity index (χ1) is 6.83. The van der Waals surface area contributed by atoms with Crippen LogP contribution in [0, 0.1) is 0 Å². The lowest BCUT2D eigenvalue weighted by Crippen LogP contribution is -1.85. The minimum Gasteiger partial charge on any atom is -0.211 e. The molecule has 0 atom stereocenters. The highest BCUT2D eigenvalue weighted by molar-refractivity contribution is 5.32. The van der Waals surface area contributed by atoms with Crippen molar-refractivity contribution in [3.8, 4) is 0 Å². The number of carbonyl (C=O) groups excluding carboxylic acids is 2. The van der Waals surface area contributed by atoms with E-state index < -0.39 is 0 Å². The molecule has 0 heterocycles. The Hall–Kier alpha value is -1.24. The van der Waals surface area contributed by atoms with Crippen LogP contribution in [-0.4, -0.2) is 26.3 Å². The van der Waals surface area contributed by atoms with E-state index in [2.05, 4.69) is 9.98 Å². The van der Waals surface area contributed by atoms with Gasteiger partial charge in [0.05, 0.1) is 0 Å². The Bertz CT molecular complexity index is 161. The first-order valence-corrected chi connectivity index (χ1v) is 4.75. The topological polar surface area (TPSA) is 58.9 Å². The van der Waals surface area contributed by atoms with Crippen molar-refractivity contribution in [3.63, 3.8) is 0 Å². The van der Waals surface area contributed by atoms with Gasteiger partial charge in [-0.05, 0) is 0 Å². The van der Waals surface area contributed by atoms with Gasteiger partial charge in [0, 0.05) is 14.1 Å². The summed E-state index contributed by atoms with van der Waals surface area (Å²) in [6, 6.07) is 0. The van der Waals surface area contributed by atoms with E-state index in [1.807, 2.05) is 0 Å². The SMILES string of the molecule is C1CCCCC1.CN=C=O.CN=C=O. The number of hydrogen-bond acceptors (Lipinski definition) is 4. The summed E-state index contributed by atoms with van der Waals surface area (Å²) in [6.07, 6.45) is 11.6. The predicted octanol–water partition coefficient (Wildman–Crippen LogP) is 2.24. The Morgan fingerprint density at radius 2 is 0.857 bits per heavy atom. The van der Waals surface area contributed by atoms with Gasteiger partial charge in [0.2, 0.25) is 12.2 Å².